The molecule has 0 spiro atoms. The van der Waals surface area contributed by atoms with Gasteiger partial charge in [-0.1, -0.05) is 41.6 Å². The maximum atomic E-state index is 13.0. The molecule has 0 atom stereocenters. The topological polar surface area (TPSA) is 50.5 Å². The smallest absolute Gasteiger partial charge is 0.315 e. The summed E-state index contributed by atoms with van der Waals surface area (Å²) in [6.45, 7) is 0. The van der Waals surface area contributed by atoms with Crippen molar-refractivity contribution in [2.24, 2.45) is 0 Å². The number of para-hydroxylation sites is 1. The van der Waals surface area contributed by atoms with Crippen LogP contribution in [0.25, 0.3) is 5.65 Å². The second kappa shape index (κ2) is 7.16. The minimum absolute atomic E-state index is 0.0138. The molecule has 0 radical (unpaired) electrons. The third kappa shape index (κ3) is 3.78. The van der Waals surface area contributed by atoms with Crippen molar-refractivity contribution in [1.29, 1.82) is 0 Å². The molecule has 0 aliphatic rings. The number of nitrogens with zero attached hydrogens (tertiary/aromatic N) is 4. The van der Waals surface area contributed by atoms with Gasteiger partial charge in [-0.05, 0) is 18.2 Å². The average molecular weight is 401 g/mol. The van der Waals surface area contributed by atoms with Gasteiger partial charge in [-0.25, -0.2) is 0 Å². The number of aromatic nitrogens is 3. The Balaban J connectivity index is 1.81. The molecule has 0 saturated carbocycles. The van der Waals surface area contributed by atoms with Crippen LogP contribution in [0.3, 0.4) is 0 Å². The molecule has 136 valence electrons. The van der Waals surface area contributed by atoms with E-state index in [1.807, 2.05) is 6.07 Å². The van der Waals surface area contributed by atoms with Gasteiger partial charge in [0.25, 0.3) is 0 Å². The van der Waals surface area contributed by atoms with Crippen LogP contribution in [0.5, 0.6) is 0 Å². The average Bonchev–Trinajstić information content (AvgIpc) is 3.02. The molecule has 10 heteroatoms. The highest BCUT2D eigenvalue weighted by Crippen LogP contribution is 2.33. The normalized spacial score (nSPS) is 11.7. The number of benzene rings is 1. The Hall–Kier alpha value is -2.26. The molecule has 1 aromatic carbocycles. The molecule has 0 aliphatic heterocycles. The number of rotatable bonds is 4. The fraction of sp³-hybridized carbons (Fsp3) is 0.188. The summed E-state index contributed by atoms with van der Waals surface area (Å²) in [7, 11) is 1.62. The minimum Gasteiger partial charge on any atom is -0.315 e. The minimum atomic E-state index is -4.55. The van der Waals surface area contributed by atoms with Gasteiger partial charge in [-0.2, -0.15) is 13.2 Å². The first-order valence-corrected chi connectivity index (χ1v) is 8.69. The number of thioether (sulfide) groups is 1. The first-order valence-electron chi connectivity index (χ1n) is 7.33. The molecule has 0 unspecified atom stereocenters. The standard InChI is InChI=1S/C16H12ClF3N4OS/c1-23(11-5-3-2-4-6-11)13(25)9-26-15-22-21-14-12(17)7-10(8-24(14)15)16(18,19)20/h2-8H,9H2,1H3. The summed E-state index contributed by atoms with van der Waals surface area (Å²) in [6.07, 6.45) is -3.68. The second-order valence-electron chi connectivity index (χ2n) is 5.33. The highest BCUT2D eigenvalue weighted by atomic mass is 35.5. The van der Waals surface area contributed by atoms with Crippen LogP contribution in [0.4, 0.5) is 18.9 Å². The maximum Gasteiger partial charge on any atom is 0.417 e. The second-order valence-corrected chi connectivity index (χ2v) is 6.68. The third-order valence-corrected chi connectivity index (χ3v) is 4.80. The monoisotopic (exact) mass is 400 g/mol. The van der Waals surface area contributed by atoms with Gasteiger partial charge in [-0.15, -0.1) is 10.2 Å². The van der Waals surface area contributed by atoms with Crippen molar-refractivity contribution in [2.45, 2.75) is 11.3 Å². The number of hydrogen-bond donors (Lipinski definition) is 0. The zero-order valence-corrected chi connectivity index (χ0v) is 14.9. The summed E-state index contributed by atoms with van der Waals surface area (Å²) < 4.78 is 40.0. The Morgan fingerprint density at radius 2 is 1.96 bits per heavy atom. The molecule has 0 N–H and O–H groups in total. The van der Waals surface area contributed by atoms with Gasteiger partial charge in [0, 0.05) is 18.9 Å². The van der Waals surface area contributed by atoms with Crippen LogP contribution in [0.2, 0.25) is 5.02 Å². The number of fused-ring (bicyclic) bond motifs is 1. The van der Waals surface area contributed by atoms with E-state index in [0.717, 1.165) is 28.4 Å². The van der Waals surface area contributed by atoms with Crippen molar-refractivity contribution in [2.75, 3.05) is 17.7 Å². The van der Waals surface area contributed by atoms with Gasteiger partial charge in [0.15, 0.2) is 10.8 Å². The number of carbonyl (C=O) groups is 1. The van der Waals surface area contributed by atoms with E-state index in [4.69, 9.17) is 11.6 Å². The Morgan fingerprint density at radius 1 is 1.27 bits per heavy atom. The highest BCUT2D eigenvalue weighted by Gasteiger charge is 2.32. The van der Waals surface area contributed by atoms with E-state index in [9.17, 15) is 18.0 Å². The molecule has 3 aromatic rings. The number of anilines is 1. The lowest BCUT2D eigenvalue weighted by molar-refractivity contribution is -0.137. The van der Waals surface area contributed by atoms with Crippen LogP contribution >= 0.6 is 23.4 Å². The first-order chi connectivity index (χ1) is 12.3. The quantitative estimate of drug-likeness (QED) is 0.617. The highest BCUT2D eigenvalue weighted by molar-refractivity contribution is 7.99. The Labute approximate surface area is 155 Å². The molecule has 26 heavy (non-hydrogen) atoms. The summed E-state index contributed by atoms with van der Waals surface area (Å²) >= 11 is 6.85. The molecule has 1 amide bonds. The van der Waals surface area contributed by atoms with Crippen LogP contribution in [0.1, 0.15) is 5.56 Å². The Kier molecular flexibility index (Phi) is 5.10. The zero-order chi connectivity index (χ0) is 18.9. The van der Waals surface area contributed by atoms with Crippen molar-refractivity contribution >= 4 is 40.6 Å². The van der Waals surface area contributed by atoms with Crippen molar-refractivity contribution in [3.63, 3.8) is 0 Å². The predicted molar refractivity (Wildman–Crippen MR) is 93.6 cm³/mol. The largest absolute Gasteiger partial charge is 0.417 e. The summed E-state index contributed by atoms with van der Waals surface area (Å²) in [4.78, 5) is 13.8. The molecule has 0 bridgehead atoms. The van der Waals surface area contributed by atoms with Gasteiger partial charge in [-0.3, -0.25) is 9.20 Å². The van der Waals surface area contributed by atoms with Gasteiger partial charge >= 0.3 is 6.18 Å². The summed E-state index contributed by atoms with van der Waals surface area (Å²) in [5.41, 5.74) is -0.0954. The van der Waals surface area contributed by atoms with E-state index < -0.39 is 11.7 Å². The number of carbonyl (C=O) groups excluding carboxylic acids is 1. The van der Waals surface area contributed by atoms with E-state index in [1.54, 1.807) is 31.3 Å². The van der Waals surface area contributed by atoms with Crippen LogP contribution in [-0.4, -0.2) is 33.3 Å². The van der Waals surface area contributed by atoms with Crippen LogP contribution in [0, 0.1) is 0 Å². The molecule has 3 rings (SSSR count). The lowest BCUT2D eigenvalue weighted by Crippen LogP contribution is -2.27. The summed E-state index contributed by atoms with van der Waals surface area (Å²) in [5.74, 6) is -0.240. The number of hydrogen-bond acceptors (Lipinski definition) is 4. The fourth-order valence-electron chi connectivity index (χ4n) is 2.21. The maximum absolute atomic E-state index is 13.0. The number of alkyl halides is 3. The number of amides is 1. The third-order valence-electron chi connectivity index (χ3n) is 3.60. The molecule has 0 saturated heterocycles. The van der Waals surface area contributed by atoms with Crippen molar-refractivity contribution < 1.29 is 18.0 Å². The molecule has 0 aliphatic carbocycles. The van der Waals surface area contributed by atoms with Gasteiger partial charge < -0.3 is 4.90 Å². The Morgan fingerprint density at radius 3 is 2.62 bits per heavy atom. The molecular weight excluding hydrogens is 389 g/mol. The zero-order valence-electron chi connectivity index (χ0n) is 13.4. The van der Waals surface area contributed by atoms with Gasteiger partial charge in [0.1, 0.15) is 0 Å². The SMILES string of the molecule is CN(C(=O)CSc1nnc2c(Cl)cc(C(F)(F)F)cn12)c1ccccc1. The van der Waals surface area contributed by atoms with Gasteiger partial charge in [0.05, 0.1) is 16.3 Å². The van der Waals surface area contributed by atoms with E-state index in [2.05, 4.69) is 10.2 Å². The lowest BCUT2D eigenvalue weighted by Gasteiger charge is -2.16. The Bertz CT molecular complexity index is 946. The van der Waals surface area contributed by atoms with Crippen LogP contribution < -0.4 is 4.90 Å². The molecular formula is C16H12ClF3N4OS. The molecule has 0 fully saturated rings. The van der Waals surface area contributed by atoms with Crippen molar-refractivity contribution in [3.05, 3.63) is 53.2 Å². The first kappa shape index (κ1) is 18.5. The van der Waals surface area contributed by atoms with Crippen LogP contribution in [0.15, 0.2) is 47.8 Å². The number of halogens is 4. The number of pyridine rings is 1. The van der Waals surface area contributed by atoms with E-state index in [1.165, 1.54) is 4.90 Å². The molecule has 2 heterocycles. The van der Waals surface area contributed by atoms with E-state index in [0.29, 0.717) is 5.69 Å². The van der Waals surface area contributed by atoms with Crippen molar-refractivity contribution in [3.8, 4) is 0 Å². The molecule has 5 nitrogen and oxygen atoms in total. The van der Waals surface area contributed by atoms with Gasteiger partial charge in [0.2, 0.25) is 5.91 Å². The summed E-state index contributed by atoms with van der Waals surface area (Å²) in [6, 6.07) is 9.81. The predicted octanol–water partition coefficient (Wildman–Crippen LogP) is 4.16. The fourth-order valence-corrected chi connectivity index (χ4v) is 3.28. The van der Waals surface area contributed by atoms with E-state index in [-0.39, 0.29) is 27.5 Å². The van der Waals surface area contributed by atoms with E-state index >= 15 is 0 Å². The van der Waals surface area contributed by atoms with Crippen molar-refractivity contribution in [1.82, 2.24) is 14.6 Å². The summed E-state index contributed by atoms with van der Waals surface area (Å²) in [5, 5.41) is 7.62. The lowest BCUT2D eigenvalue weighted by atomic mass is 10.3. The molecule has 2 aromatic heterocycles. The van der Waals surface area contributed by atoms with Crippen LogP contribution in [-0.2, 0) is 11.0 Å².